The summed E-state index contributed by atoms with van der Waals surface area (Å²) >= 11 is 0. The van der Waals surface area contributed by atoms with E-state index in [9.17, 15) is 19.8 Å². The molecule has 0 aromatic heterocycles. The summed E-state index contributed by atoms with van der Waals surface area (Å²) in [6.45, 7) is 0. The van der Waals surface area contributed by atoms with Crippen LogP contribution in [0.5, 0.6) is 23.0 Å². The first-order chi connectivity index (χ1) is 16.5. The molecule has 168 valence electrons. The Morgan fingerprint density at radius 1 is 0.559 bits per heavy atom. The first-order valence-corrected chi connectivity index (χ1v) is 10.4. The Bertz CT molecular complexity index is 1320. The number of phenolic OH excluding ortho intramolecular Hbond substituents is 2. The number of carbonyl (C=O) groups excluding carboxylic acids is 2. The number of rotatable bonds is 6. The fourth-order valence-electron chi connectivity index (χ4n) is 3.05. The molecule has 0 aliphatic heterocycles. The van der Waals surface area contributed by atoms with E-state index in [1.54, 1.807) is 30.3 Å². The van der Waals surface area contributed by atoms with Crippen LogP contribution < -0.4 is 9.47 Å². The Morgan fingerprint density at radius 2 is 1.06 bits per heavy atom. The molecule has 0 amide bonds. The minimum Gasteiger partial charge on any atom is -0.508 e. The first-order valence-electron chi connectivity index (χ1n) is 10.4. The number of phenols is 2. The lowest BCUT2D eigenvalue weighted by Crippen LogP contribution is -2.08. The van der Waals surface area contributed by atoms with Gasteiger partial charge >= 0.3 is 11.9 Å². The monoisotopic (exact) mass is 452 g/mol. The van der Waals surface area contributed by atoms with Gasteiger partial charge in [0.2, 0.25) is 0 Å². The minimum absolute atomic E-state index is 0.0761. The van der Waals surface area contributed by atoms with Crippen molar-refractivity contribution in [2.45, 2.75) is 0 Å². The van der Waals surface area contributed by atoms with Crippen LogP contribution in [0.4, 0.5) is 0 Å². The van der Waals surface area contributed by atoms with Gasteiger partial charge in [-0.05, 0) is 83.9 Å². The molecule has 2 N–H and O–H groups in total. The molecule has 0 spiro atoms. The minimum atomic E-state index is -0.515. The SMILES string of the molecule is O=C(Oc1ccc(/C=C/c2cccc(OC(=O)c3ccc(O)cc3)c2)cc1)c1ccc(O)cc1. The van der Waals surface area contributed by atoms with Crippen molar-refractivity contribution in [3.8, 4) is 23.0 Å². The third-order valence-electron chi connectivity index (χ3n) is 4.83. The van der Waals surface area contributed by atoms with E-state index in [0.29, 0.717) is 22.6 Å². The van der Waals surface area contributed by atoms with E-state index in [-0.39, 0.29) is 11.5 Å². The molecular weight excluding hydrogens is 432 g/mol. The van der Waals surface area contributed by atoms with Gasteiger partial charge in [-0.25, -0.2) is 9.59 Å². The van der Waals surface area contributed by atoms with Gasteiger partial charge in [0.15, 0.2) is 0 Å². The Labute approximate surface area is 196 Å². The predicted molar refractivity (Wildman–Crippen MR) is 128 cm³/mol. The normalized spacial score (nSPS) is 10.7. The number of carbonyl (C=O) groups is 2. The smallest absolute Gasteiger partial charge is 0.343 e. The van der Waals surface area contributed by atoms with Crippen molar-refractivity contribution in [2.24, 2.45) is 0 Å². The van der Waals surface area contributed by atoms with Gasteiger partial charge in [0.05, 0.1) is 11.1 Å². The molecule has 0 bridgehead atoms. The van der Waals surface area contributed by atoms with Crippen molar-refractivity contribution in [2.75, 3.05) is 0 Å². The summed E-state index contributed by atoms with van der Waals surface area (Å²) in [6.07, 6.45) is 3.75. The molecule has 0 heterocycles. The van der Waals surface area contributed by atoms with Crippen LogP contribution in [0.1, 0.15) is 31.8 Å². The van der Waals surface area contributed by atoms with Crippen LogP contribution in [0, 0.1) is 0 Å². The summed E-state index contributed by atoms with van der Waals surface area (Å²) in [5, 5.41) is 18.7. The standard InChI is InChI=1S/C28H20O6/c29-23-12-8-21(9-13-23)27(31)33-25-16-6-19(7-17-25)4-5-20-2-1-3-26(18-20)34-28(32)22-10-14-24(30)15-11-22/h1-18,29-30H/b5-4+. The number of hydrogen-bond acceptors (Lipinski definition) is 6. The van der Waals surface area contributed by atoms with Crippen LogP contribution in [-0.2, 0) is 0 Å². The van der Waals surface area contributed by atoms with Crippen LogP contribution in [0.25, 0.3) is 12.2 Å². The van der Waals surface area contributed by atoms with Gasteiger partial charge in [0.25, 0.3) is 0 Å². The van der Waals surface area contributed by atoms with E-state index in [1.165, 1.54) is 48.5 Å². The first kappa shape index (κ1) is 22.4. The molecular formula is C28H20O6. The lowest BCUT2D eigenvalue weighted by molar-refractivity contribution is 0.0725. The van der Waals surface area contributed by atoms with Gasteiger partial charge in [-0.1, -0.05) is 36.4 Å². The number of hydrogen-bond donors (Lipinski definition) is 2. The van der Waals surface area contributed by atoms with Crippen LogP contribution in [0.3, 0.4) is 0 Å². The molecule has 0 atom stereocenters. The summed E-state index contributed by atoms with van der Waals surface area (Å²) in [5.41, 5.74) is 2.40. The fraction of sp³-hybridized carbons (Fsp3) is 0. The van der Waals surface area contributed by atoms with E-state index >= 15 is 0 Å². The summed E-state index contributed by atoms with van der Waals surface area (Å²) in [4.78, 5) is 24.4. The summed E-state index contributed by atoms with van der Waals surface area (Å²) in [5.74, 6) is -0.0726. The van der Waals surface area contributed by atoms with Crippen molar-refractivity contribution in [1.29, 1.82) is 0 Å². The molecule has 0 fully saturated rings. The second-order valence-electron chi connectivity index (χ2n) is 7.35. The van der Waals surface area contributed by atoms with E-state index in [1.807, 2.05) is 30.4 Å². The zero-order valence-electron chi connectivity index (χ0n) is 17.9. The van der Waals surface area contributed by atoms with Crippen molar-refractivity contribution in [1.82, 2.24) is 0 Å². The van der Waals surface area contributed by atoms with Crippen LogP contribution in [-0.4, -0.2) is 22.2 Å². The molecule has 0 unspecified atom stereocenters. The Morgan fingerprint density at radius 3 is 1.62 bits per heavy atom. The highest BCUT2D eigenvalue weighted by molar-refractivity contribution is 5.91. The molecule has 0 aliphatic rings. The van der Waals surface area contributed by atoms with E-state index in [4.69, 9.17) is 9.47 Å². The average Bonchev–Trinajstić information content (AvgIpc) is 2.84. The van der Waals surface area contributed by atoms with Crippen LogP contribution >= 0.6 is 0 Å². The van der Waals surface area contributed by atoms with Crippen molar-refractivity contribution in [3.05, 3.63) is 119 Å². The zero-order chi connectivity index (χ0) is 23.9. The molecule has 6 heteroatoms. The molecule has 34 heavy (non-hydrogen) atoms. The molecule has 6 nitrogen and oxygen atoms in total. The lowest BCUT2D eigenvalue weighted by Gasteiger charge is -2.06. The summed E-state index contributed by atoms with van der Waals surface area (Å²) in [7, 11) is 0. The van der Waals surface area contributed by atoms with Crippen molar-refractivity contribution >= 4 is 24.1 Å². The number of benzene rings is 4. The number of esters is 2. The second-order valence-corrected chi connectivity index (χ2v) is 7.35. The Hall–Kier alpha value is -4.84. The molecule has 4 rings (SSSR count). The molecule has 4 aromatic rings. The molecule has 4 aromatic carbocycles. The maximum Gasteiger partial charge on any atom is 0.343 e. The second kappa shape index (κ2) is 10.2. The van der Waals surface area contributed by atoms with Gasteiger partial charge in [-0.15, -0.1) is 0 Å². The van der Waals surface area contributed by atoms with Gasteiger partial charge in [-0.3, -0.25) is 0 Å². The largest absolute Gasteiger partial charge is 0.508 e. The van der Waals surface area contributed by atoms with Crippen molar-refractivity contribution in [3.63, 3.8) is 0 Å². The van der Waals surface area contributed by atoms with Crippen molar-refractivity contribution < 1.29 is 29.3 Å². The van der Waals surface area contributed by atoms with E-state index in [2.05, 4.69) is 0 Å². The Kier molecular flexibility index (Phi) is 6.70. The Balaban J connectivity index is 1.37. The maximum atomic E-state index is 12.3. The zero-order valence-corrected chi connectivity index (χ0v) is 17.9. The lowest BCUT2D eigenvalue weighted by atomic mass is 10.1. The van der Waals surface area contributed by atoms with Gasteiger partial charge in [-0.2, -0.15) is 0 Å². The summed E-state index contributed by atoms with van der Waals surface area (Å²) in [6, 6.07) is 25.8. The highest BCUT2D eigenvalue weighted by Crippen LogP contribution is 2.20. The predicted octanol–water partition coefficient (Wildman–Crippen LogP) is 5.71. The molecule has 0 saturated heterocycles. The summed E-state index contributed by atoms with van der Waals surface area (Å²) < 4.78 is 10.8. The van der Waals surface area contributed by atoms with Crippen LogP contribution in [0.15, 0.2) is 97.1 Å². The highest BCUT2D eigenvalue weighted by Gasteiger charge is 2.09. The van der Waals surface area contributed by atoms with Gasteiger partial charge in [0.1, 0.15) is 23.0 Å². The highest BCUT2D eigenvalue weighted by atomic mass is 16.5. The van der Waals surface area contributed by atoms with Crippen LogP contribution in [0.2, 0.25) is 0 Å². The maximum absolute atomic E-state index is 12.3. The number of aromatic hydroxyl groups is 2. The topological polar surface area (TPSA) is 93.1 Å². The van der Waals surface area contributed by atoms with Gasteiger partial charge < -0.3 is 19.7 Å². The fourth-order valence-corrected chi connectivity index (χ4v) is 3.05. The molecule has 0 saturated carbocycles. The molecule has 0 radical (unpaired) electrons. The third-order valence-corrected chi connectivity index (χ3v) is 4.83. The van der Waals surface area contributed by atoms with Gasteiger partial charge in [0, 0.05) is 0 Å². The van der Waals surface area contributed by atoms with E-state index < -0.39 is 11.9 Å². The quantitative estimate of drug-likeness (QED) is 0.221. The van der Waals surface area contributed by atoms with E-state index in [0.717, 1.165) is 11.1 Å². The third kappa shape index (κ3) is 5.89. The average molecular weight is 452 g/mol. The molecule has 0 aliphatic carbocycles. The number of ether oxygens (including phenoxy) is 2.